The highest BCUT2D eigenvalue weighted by molar-refractivity contribution is 6.07. The Morgan fingerprint density at radius 3 is 2.62 bits per heavy atom. The number of nitrogens with two attached hydrogens (primary N) is 1. The zero-order valence-corrected chi connectivity index (χ0v) is 11.2. The van der Waals surface area contributed by atoms with Crippen molar-refractivity contribution in [2.24, 2.45) is 5.84 Å². The number of benzene rings is 1. The first-order valence-corrected chi connectivity index (χ1v) is 6.62. The van der Waals surface area contributed by atoms with Gasteiger partial charge in [0.05, 0.1) is 23.3 Å². The standard InChI is InChI=1S/C14H16N4O3/c15-17-13-5-9(8-3-1-2-4-10(8)16-13)14(21)18-6-11(19)12(20)7-18/h1-5,11-12,19-20H,6-7,15H2,(H,16,17). The number of hydrogen-bond acceptors (Lipinski definition) is 6. The molecule has 1 aliphatic rings. The topological polar surface area (TPSA) is 112 Å². The van der Waals surface area contributed by atoms with Gasteiger partial charge in [-0.15, -0.1) is 0 Å². The van der Waals surface area contributed by atoms with Gasteiger partial charge in [-0.3, -0.25) is 4.79 Å². The zero-order valence-electron chi connectivity index (χ0n) is 11.2. The van der Waals surface area contributed by atoms with Gasteiger partial charge in [0.25, 0.3) is 5.91 Å². The van der Waals surface area contributed by atoms with Crippen LogP contribution < -0.4 is 11.3 Å². The Kier molecular flexibility index (Phi) is 3.46. The van der Waals surface area contributed by atoms with Crippen LogP contribution in [0.25, 0.3) is 10.9 Å². The van der Waals surface area contributed by atoms with Crippen LogP contribution in [0.5, 0.6) is 0 Å². The molecule has 1 fully saturated rings. The summed E-state index contributed by atoms with van der Waals surface area (Å²) in [5.74, 6) is 5.51. The monoisotopic (exact) mass is 288 g/mol. The first kappa shape index (κ1) is 13.7. The molecule has 2 unspecified atom stereocenters. The second-order valence-electron chi connectivity index (χ2n) is 5.06. The fourth-order valence-corrected chi connectivity index (χ4v) is 2.53. The number of amides is 1. The van der Waals surface area contributed by atoms with Gasteiger partial charge in [-0.2, -0.15) is 0 Å². The van der Waals surface area contributed by atoms with Crippen LogP contribution in [-0.2, 0) is 0 Å². The molecule has 1 aliphatic heterocycles. The van der Waals surface area contributed by atoms with E-state index < -0.39 is 12.2 Å². The van der Waals surface area contributed by atoms with E-state index in [9.17, 15) is 15.0 Å². The van der Waals surface area contributed by atoms with E-state index in [0.29, 0.717) is 22.3 Å². The van der Waals surface area contributed by atoms with E-state index in [2.05, 4.69) is 10.4 Å². The number of fused-ring (bicyclic) bond motifs is 1. The summed E-state index contributed by atoms with van der Waals surface area (Å²) in [6.07, 6.45) is -1.82. The van der Waals surface area contributed by atoms with Crippen LogP contribution in [0.15, 0.2) is 30.3 Å². The number of pyridine rings is 1. The van der Waals surface area contributed by atoms with Crippen molar-refractivity contribution in [3.05, 3.63) is 35.9 Å². The lowest BCUT2D eigenvalue weighted by atomic mass is 10.1. The van der Waals surface area contributed by atoms with Gasteiger partial charge in [0.1, 0.15) is 5.82 Å². The molecule has 7 heteroatoms. The van der Waals surface area contributed by atoms with E-state index in [-0.39, 0.29) is 19.0 Å². The molecule has 7 nitrogen and oxygen atoms in total. The maximum atomic E-state index is 12.6. The number of anilines is 1. The Morgan fingerprint density at radius 1 is 1.29 bits per heavy atom. The third kappa shape index (κ3) is 2.42. The van der Waals surface area contributed by atoms with Crippen molar-refractivity contribution < 1.29 is 15.0 Å². The molecule has 5 N–H and O–H groups in total. The number of hydrazine groups is 1. The minimum absolute atomic E-state index is 0.113. The molecule has 0 spiro atoms. The Hall–Kier alpha value is -2.22. The van der Waals surface area contributed by atoms with Crippen molar-refractivity contribution in [3.63, 3.8) is 0 Å². The molecule has 0 saturated carbocycles. The molecule has 0 bridgehead atoms. The Morgan fingerprint density at radius 2 is 1.95 bits per heavy atom. The number of aliphatic hydroxyl groups excluding tert-OH is 2. The highest BCUT2D eigenvalue weighted by Gasteiger charge is 2.33. The van der Waals surface area contributed by atoms with E-state index in [1.54, 1.807) is 18.2 Å². The molecule has 2 aromatic rings. The summed E-state index contributed by atoms with van der Waals surface area (Å²) < 4.78 is 0. The highest BCUT2D eigenvalue weighted by atomic mass is 16.3. The summed E-state index contributed by atoms with van der Waals surface area (Å²) >= 11 is 0. The SMILES string of the molecule is NNc1cc(C(=O)N2CC(O)C(O)C2)c2ccccc2n1. The molecular weight excluding hydrogens is 272 g/mol. The molecule has 2 atom stereocenters. The molecule has 110 valence electrons. The van der Waals surface area contributed by atoms with Gasteiger partial charge in [0.2, 0.25) is 0 Å². The summed E-state index contributed by atoms with van der Waals surface area (Å²) in [6, 6.07) is 8.82. The van der Waals surface area contributed by atoms with Gasteiger partial charge in [0.15, 0.2) is 0 Å². The number of β-amino-alcohol motifs (C(OH)–C–C–N with tert-alkyl or cyclic N) is 2. The van der Waals surface area contributed by atoms with Crippen LogP contribution >= 0.6 is 0 Å². The predicted octanol–water partition coefficient (Wildman–Crippen LogP) is -0.302. The third-order valence-electron chi connectivity index (χ3n) is 3.64. The number of aromatic nitrogens is 1. The second-order valence-corrected chi connectivity index (χ2v) is 5.06. The number of aliphatic hydroxyl groups is 2. The number of likely N-dealkylation sites (tertiary alicyclic amines) is 1. The number of nitrogens with one attached hydrogen (secondary N) is 1. The summed E-state index contributed by atoms with van der Waals surface area (Å²) in [4.78, 5) is 18.3. The lowest BCUT2D eigenvalue weighted by Crippen LogP contribution is -2.30. The summed E-state index contributed by atoms with van der Waals surface area (Å²) in [5, 5.41) is 19.9. The number of rotatable bonds is 2. The molecule has 1 saturated heterocycles. The maximum Gasteiger partial charge on any atom is 0.254 e. The normalized spacial score (nSPS) is 21.8. The summed E-state index contributed by atoms with van der Waals surface area (Å²) in [6.45, 7) is 0.226. The molecule has 1 amide bonds. The average molecular weight is 288 g/mol. The van der Waals surface area contributed by atoms with Crippen LogP contribution in [0, 0.1) is 0 Å². The maximum absolute atomic E-state index is 12.6. The molecule has 21 heavy (non-hydrogen) atoms. The number of nitrogens with zero attached hydrogens (tertiary/aromatic N) is 2. The van der Waals surface area contributed by atoms with Gasteiger partial charge >= 0.3 is 0 Å². The predicted molar refractivity (Wildman–Crippen MR) is 77.5 cm³/mol. The van der Waals surface area contributed by atoms with E-state index in [4.69, 9.17) is 5.84 Å². The Labute approximate surface area is 121 Å². The fourth-order valence-electron chi connectivity index (χ4n) is 2.53. The minimum Gasteiger partial charge on any atom is -0.388 e. The number of carbonyl (C=O) groups excluding carboxylic acids is 1. The average Bonchev–Trinajstić information content (AvgIpc) is 2.85. The van der Waals surface area contributed by atoms with Crippen molar-refractivity contribution in [2.45, 2.75) is 12.2 Å². The van der Waals surface area contributed by atoms with Crippen molar-refractivity contribution in [1.82, 2.24) is 9.88 Å². The third-order valence-corrected chi connectivity index (χ3v) is 3.64. The number of hydrogen-bond donors (Lipinski definition) is 4. The first-order chi connectivity index (χ1) is 10.1. The van der Waals surface area contributed by atoms with E-state index in [0.717, 1.165) is 0 Å². The van der Waals surface area contributed by atoms with Crippen molar-refractivity contribution in [3.8, 4) is 0 Å². The van der Waals surface area contributed by atoms with Crippen LogP contribution in [0.4, 0.5) is 5.82 Å². The second kappa shape index (κ2) is 5.28. The van der Waals surface area contributed by atoms with Crippen LogP contribution in [0.1, 0.15) is 10.4 Å². The Balaban J connectivity index is 2.05. The van der Waals surface area contributed by atoms with Gasteiger partial charge in [-0.05, 0) is 12.1 Å². The smallest absolute Gasteiger partial charge is 0.254 e. The quantitative estimate of drug-likeness (QED) is 0.446. The lowest BCUT2D eigenvalue weighted by Gasteiger charge is -2.17. The number of para-hydroxylation sites is 1. The zero-order chi connectivity index (χ0) is 15.0. The van der Waals surface area contributed by atoms with E-state index >= 15 is 0 Å². The largest absolute Gasteiger partial charge is 0.388 e. The van der Waals surface area contributed by atoms with Gasteiger partial charge in [0, 0.05) is 18.5 Å². The van der Waals surface area contributed by atoms with Crippen LogP contribution in [-0.4, -0.2) is 51.3 Å². The number of nitrogen functional groups attached to an aromatic ring is 1. The van der Waals surface area contributed by atoms with Crippen molar-refractivity contribution in [1.29, 1.82) is 0 Å². The molecular formula is C14H16N4O3. The molecule has 1 aromatic heterocycles. The van der Waals surface area contributed by atoms with E-state index in [1.807, 2.05) is 12.1 Å². The van der Waals surface area contributed by atoms with E-state index in [1.165, 1.54) is 4.90 Å². The van der Waals surface area contributed by atoms with Crippen molar-refractivity contribution >= 4 is 22.6 Å². The molecule has 0 aliphatic carbocycles. The van der Waals surface area contributed by atoms with Crippen LogP contribution in [0.2, 0.25) is 0 Å². The highest BCUT2D eigenvalue weighted by Crippen LogP contribution is 2.23. The van der Waals surface area contributed by atoms with Crippen LogP contribution in [0.3, 0.4) is 0 Å². The lowest BCUT2D eigenvalue weighted by molar-refractivity contribution is 0.0572. The van der Waals surface area contributed by atoms with Crippen molar-refractivity contribution in [2.75, 3.05) is 18.5 Å². The number of carbonyl (C=O) groups is 1. The molecule has 1 aromatic carbocycles. The van der Waals surface area contributed by atoms with Gasteiger partial charge in [-0.25, -0.2) is 10.8 Å². The molecule has 2 heterocycles. The summed E-state index contributed by atoms with van der Waals surface area (Å²) in [5.41, 5.74) is 3.53. The fraction of sp³-hybridized carbons (Fsp3) is 0.286. The molecule has 0 radical (unpaired) electrons. The Bertz CT molecular complexity index is 681. The van der Waals surface area contributed by atoms with Gasteiger partial charge in [-0.1, -0.05) is 18.2 Å². The van der Waals surface area contributed by atoms with Gasteiger partial charge < -0.3 is 20.5 Å². The minimum atomic E-state index is -0.908. The summed E-state index contributed by atoms with van der Waals surface area (Å²) in [7, 11) is 0. The first-order valence-electron chi connectivity index (χ1n) is 6.62. The molecule has 3 rings (SSSR count).